The fourth-order valence-corrected chi connectivity index (χ4v) is 2.75. The molecule has 2 amide bonds. The maximum atomic E-state index is 12.5. The van der Waals surface area contributed by atoms with Gasteiger partial charge in [0.1, 0.15) is 11.6 Å². The van der Waals surface area contributed by atoms with Crippen LogP contribution in [0.1, 0.15) is 12.0 Å². The lowest BCUT2D eigenvalue weighted by atomic mass is 10.1. The number of anilines is 2. The number of rotatable bonds is 4. The highest BCUT2D eigenvalue weighted by Gasteiger charge is 2.35. The first-order valence-electron chi connectivity index (χ1n) is 7.75. The molecule has 1 fully saturated rings. The molecule has 1 aliphatic heterocycles. The van der Waals surface area contributed by atoms with Crippen molar-refractivity contribution in [3.05, 3.63) is 48.2 Å². The number of nitrogens with zero attached hydrogens (tertiary/aromatic N) is 2. The van der Waals surface area contributed by atoms with E-state index < -0.39 is 5.92 Å². The van der Waals surface area contributed by atoms with Gasteiger partial charge in [-0.25, -0.2) is 4.98 Å². The van der Waals surface area contributed by atoms with Gasteiger partial charge >= 0.3 is 0 Å². The van der Waals surface area contributed by atoms with Crippen molar-refractivity contribution in [3.63, 3.8) is 0 Å². The highest BCUT2D eigenvalue weighted by molar-refractivity contribution is 6.03. The zero-order valence-electron chi connectivity index (χ0n) is 13.7. The van der Waals surface area contributed by atoms with E-state index in [1.54, 1.807) is 24.3 Å². The van der Waals surface area contributed by atoms with Crippen molar-refractivity contribution in [1.29, 1.82) is 0 Å². The highest BCUT2D eigenvalue weighted by Crippen LogP contribution is 2.28. The van der Waals surface area contributed by atoms with E-state index >= 15 is 0 Å². The average molecular weight is 325 g/mol. The van der Waals surface area contributed by atoms with Crippen molar-refractivity contribution < 1.29 is 14.3 Å². The van der Waals surface area contributed by atoms with Gasteiger partial charge < -0.3 is 15.0 Å². The van der Waals surface area contributed by atoms with Gasteiger partial charge in [0.2, 0.25) is 11.8 Å². The van der Waals surface area contributed by atoms with Gasteiger partial charge in [0.15, 0.2) is 0 Å². The fraction of sp³-hybridized carbons (Fsp3) is 0.278. The molecule has 6 heteroatoms. The van der Waals surface area contributed by atoms with E-state index in [-0.39, 0.29) is 18.2 Å². The molecule has 124 valence electrons. The SMILES string of the molecule is COc1cccc(N2CC(C(=O)Nc3ncccc3C)CC2=O)c1. The molecule has 0 aliphatic carbocycles. The number of aryl methyl sites for hydroxylation is 1. The van der Waals surface area contributed by atoms with Crippen LogP contribution >= 0.6 is 0 Å². The van der Waals surface area contributed by atoms with E-state index in [1.165, 1.54) is 0 Å². The number of hydrogen-bond acceptors (Lipinski definition) is 4. The lowest BCUT2D eigenvalue weighted by molar-refractivity contribution is -0.122. The highest BCUT2D eigenvalue weighted by atomic mass is 16.5. The van der Waals surface area contributed by atoms with Gasteiger partial charge in [0, 0.05) is 30.9 Å². The molecule has 6 nitrogen and oxygen atoms in total. The molecule has 0 bridgehead atoms. The summed E-state index contributed by atoms with van der Waals surface area (Å²) in [6.07, 6.45) is 1.82. The lowest BCUT2D eigenvalue weighted by Crippen LogP contribution is -2.28. The summed E-state index contributed by atoms with van der Waals surface area (Å²) in [6, 6.07) is 11.0. The van der Waals surface area contributed by atoms with Gasteiger partial charge in [0.25, 0.3) is 0 Å². The molecular formula is C18H19N3O3. The van der Waals surface area contributed by atoms with Crippen molar-refractivity contribution in [2.75, 3.05) is 23.9 Å². The second-order valence-corrected chi connectivity index (χ2v) is 5.77. The zero-order chi connectivity index (χ0) is 17.1. The Morgan fingerprint density at radius 3 is 2.92 bits per heavy atom. The van der Waals surface area contributed by atoms with Crippen LogP contribution < -0.4 is 15.0 Å². The predicted molar refractivity (Wildman–Crippen MR) is 91.1 cm³/mol. The Morgan fingerprint density at radius 2 is 2.17 bits per heavy atom. The topological polar surface area (TPSA) is 71.5 Å². The number of pyridine rings is 1. The molecule has 0 saturated carbocycles. The maximum Gasteiger partial charge on any atom is 0.230 e. The van der Waals surface area contributed by atoms with E-state index in [0.29, 0.717) is 18.1 Å². The Hall–Kier alpha value is -2.89. The van der Waals surface area contributed by atoms with Crippen molar-refractivity contribution in [1.82, 2.24) is 4.98 Å². The van der Waals surface area contributed by atoms with Crippen LogP contribution in [0, 0.1) is 12.8 Å². The molecule has 2 heterocycles. The van der Waals surface area contributed by atoms with Gasteiger partial charge in [0.05, 0.1) is 13.0 Å². The number of amides is 2. The molecule has 1 unspecified atom stereocenters. The Bertz CT molecular complexity index is 776. The minimum absolute atomic E-state index is 0.0684. The van der Waals surface area contributed by atoms with Crippen LogP contribution in [-0.4, -0.2) is 30.5 Å². The normalized spacial score (nSPS) is 17.0. The van der Waals surface area contributed by atoms with Crippen molar-refractivity contribution in [2.24, 2.45) is 5.92 Å². The summed E-state index contributed by atoms with van der Waals surface area (Å²) in [5.74, 6) is 0.564. The Labute approximate surface area is 140 Å². The minimum atomic E-state index is -0.398. The van der Waals surface area contributed by atoms with Crippen LogP contribution in [-0.2, 0) is 9.59 Å². The number of carbonyl (C=O) groups is 2. The number of hydrogen-bond donors (Lipinski definition) is 1. The lowest BCUT2D eigenvalue weighted by Gasteiger charge is -2.17. The largest absolute Gasteiger partial charge is 0.497 e. The van der Waals surface area contributed by atoms with Gasteiger partial charge in [-0.05, 0) is 30.7 Å². The molecule has 1 aromatic carbocycles. The average Bonchev–Trinajstić information content (AvgIpc) is 2.99. The molecule has 2 aromatic rings. The third kappa shape index (κ3) is 3.22. The molecule has 24 heavy (non-hydrogen) atoms. The molecule has 1 aliphatic rings. The van der Waals surface area contributed by atoms with Crippen molar-refractivity contribution in [2.45, 2.75) is 13.3 Å². The summed E-state index contributed by atoms with van der Waals surface area (Å²) >= 11 is 0. The molecule has 3 rings (SSSR count). The molecule has 1 N–H and O–H groups in total. The first kappa shape index (κ1) is 16.0. The summed E-state index contributed by atoms with van der Waals surface area (Å²) in [5.41, 5.74) is 1.63. The van der Waals surface area contributed by atoms with Crippen LogP contribution in [0.3, 0.4) is 0 Å². The quantitative estimate of drug-likeness (QED) is 0.937. The summed E-state index contributed by atoms with van der Waals surface area (Å²) in [7, 11) is 1.58. The third-order valence-corrected chi connectivity index (χ3v) is 4.11. The smallest absolute Gasteiger partial charge is 0.230 e. The minimum Gasteiger partial charge on any atom is -0.497 e. The first-order chi connectivity index (χ1) is 11.6. The third-order valence-electron chi connectivity index (χ3n) is 4.11. The van der Waals surface area contributed by atoms with E-state index in [4.69, 9.17) is 4.74 Å². The van der Waals surface area contributed by atoms with Crippen LogP contribution in [0.15, 0.2) is 42.6 Å². The Balaban J connectivity index is 1.72. The van der Waals surface area contributed by atoms with Gasteiger partial charge in [-0.15, -0.1) is 0 Å². The molecule has 1 aromatic heterocycles. The molecule has 0 radical (unpaired) electrons. The molecule has 1 atom stereocenters. The van der Waals surface area contributed by atoms with Gasteiger partial charge in [-0.1, -0.05) is 12.1 Å². The summed E-state index contributed by atoms with van der Waals surface area (Å²) < 4.78 is 5.19. The van der Waals surface area contributed by atoms with E-state index in [0.717, 1.165) is 11.3 Å². The van der Waals surface area contributed by atoms with Gasteiger partial charge in [-0.3, -0.25) is 9.59 Å². The van der Waals surface area contributed by atoms with Crippen LogP contribution in [0.5, 0.6) is 5.75 Å². The van der Waals surface area contributed by atoms with E-state index in [1.807, 2.05) is 37.3 Å². The van der Waals surface area contributed by atoms with Gasteiger partial charge in [-0.2, -0.15) is 0 Å². The predicted octanol–water partition coefficient (Wildman–Crippen LogP) is 2.39. The standard InChI is InChI=1S/C18H19N3O3/c1-12-5-4-8-19-17(12)20-18(23)13-9-16(22)21(11-13)14-6-3-7-15(10-14)24-2/h3-8,10,13H,9,11H2,1-2H3,(H,19,20,23). The second kappa shape index (κ2) is 6.70. The Morgan fingerprint density at radius 1 is 1.33 bits per heavy atom. The summed E-state index contributed by atoms with van der Waals surface area (Å²) in [6.45, 7) is 2.23. The number of ether oxygens (including phenoxy) is 1. The van der Waals surface area contributed by atoms with E-state index in [9.17, 15) is 9.59 Å². The number of benzene rings is 1. The number of methoxy groups -OCH3 is 1. The van der Waals surface area contributed by atoms with Crippen molar-refractivity contribution >= 4 is 23.3 Å². The van der Waals surface area contributed by atoms with Crippen LogP contribution in [0.2, 0.25) is 0 Å². The fourth-order valence-electron chi connectivity index (χ4n) is 2.75. The molecule has 1 saturated heterocycles. The van der Waals surface area contributed by atoms with Crippen molar-refractivity contribution in [3.8, 4) is 5.75 Å². The zero-order valence-corrected chi connectivity index (χ0v) is 13.7. The monoisotopic (exact) mass is 325 g/mol. The molecular weight excluding hydrogens is 306 g/mol. The van der Waals surface area contributed by atoms with Crippen LogP contribution in [0.4, 0.5) is 11.5 Å². The van der Waals surface area contributed by atoms with E-state index in [2.05, 4.69) is 10.3 Å². The Kier molecular flexibility index (Phi) is 4.46. The molecule has 0 spiro atoms. The second-order valence-electron chi connectivity index (χ2n) is 5.77. The summed E-state index contributed by atoms with van der Waals surface area (Å²) in [5, 5.41) is 2.81. The number of carbonyl (C=O) groups excluding carboxylic acids is 2. The number of nitrogens with one attached hydrogen (secondary N) is 1. The number of aromatic nitrogens is 1. The maximum absolute atomic E-state index is 12.5. The summed E-state index contributed by atoms with van der Waals surface area (Å²) in [4.78, 5) is 30.5. The first-order valence-corrected chi connectivity index (χ1v) is 7.75. The van der Waals surface area contributed by atoms with Crippen LogP contribution in [0.25, 0.3) is 0 Å².